The lowest BCUT2D eigenvalue weighted by Gasteiger charge is -2.04. The number of nitroso groups, excluding NO2 is 1. The number of imidazole rings is 1. The molecule has 1 aromatic heterocycles. The lowest BCUT2D eigenvalue weighted by molar-refractivity contribution is 1.05. The van der Waals surface area contributed by atoms with Crippen molar-refractivity contribution in [2.75, 3.05) is 0 Å². The van der Waals surface area contributed by atoms with Crippen LogP contribution in [0.5, 0.6) is 0 Å². The summed E-state index contributed by atoms with van der Waals surface area (Å²) in [6.07, 6.45) is 0. The predicted octanol–water partition coefficient (Wildman–Crippen LogP) is 3.79. The second-order valence-electron chi connectivity index (χ2n) is 2.88. The molecule has 0 atom stereocenters. The van der Waals surface area contributed by atoms with Gasteiger partial charge in [-0.05, 0) is 23.4 Å². The van der Waals surface area contributed by atoms with Gasteiger partial charge in [0.05, 0.1) is 11.0 Å². The maximum atomic E-state index is 10.3. The molecule has 4 nitrogen and oxygen atoms in total. The van der Waals surface area contributed by atoms with Crippen molar-refractivity contribution < 1.29 is 0 Å². The summed E-state index contributed by atoms with van der Waals surface area (Å²) in [5, 5.41) is 2.80. The van der Waals surface area contributed by atoms with Gasteiger partial charge in [-0.3, -0.25) is 0 Å². The second-order valence-corrected chi connectivity index (χ2v) is 5.16. The maximum absolute atomic E-state index is 10.3. The van der Waals surface area contributed by atoms with E-state index in [1.54, 1.807) is 12.1 Å². The topological polar surface area (TPSA) is 58.1 Å². The molecule has 0 saturated heterocycles. The lowest BCUT2D eigenvalue weighted by atomic mass is 10.3. The summed E-state index contributed by atoms with van der Waals surface area (Å²) in [7, 11) is 0. The van der Waals surface area contributed by atoms with Crippen molar-refractivity contribution in [3.8, 4) is 0 Å². The Morgan fingerprint density at radius 1 is 1.33 bits per heavy atom. The van der Waals surface area contributed by atoms with Gasteiger partial charge in [0.25, 0.3) is 0 Å². The molecule has 0 aliphatic rings. The number of H-pyrrole nitrogens is 1. The maximum Gasteiger partial charge on any atom is 0.248 e. The number of aromatic nitrogens is 2. The number of benzene rings is 1. The molecule has 0 bridgehead atoms. The molecule has 2 rings (SSSR count). The van der Waals surface area contributed by atoms with E-state index in [9.17, 15) is 4.91 Å². The Kier molecular flexibility index (Phi) is 2.58. The Morgan fingerprint density at radius 2 is 2.07 bits per heavy atom. The number of aromatic amines is 1. The number of rotatable bonds is 1. The lowest BCUT2D eigenvalue weighted by Crippen LogP contribution is -2.01. The second kappa shape index (κ2) is 3.63. The number of nitrogens with one attached hydrogen (secondary N) is 1. The van der Waals surface area contributed by atoms with E-state index in [0.29, 0.717) is 16.7 Å². The number of hydrogen-bond donors (Lipinski definition) is 1. The zero-order valence-electron chi connectivity index (χ0n) is 7.17. The normalized spacial score (nSPS) is 11.9. The van der Waals surface area contributed by atoms with Gasteiger partial charge < -0.3 is 4.98 Å². The van der Waals surface area contributed by atoms with Crippen LogP contribution in [-0.4, -0.2) is 9.97 Å². The molecule has 1 heterocycles. The first kappa shape index (κ1) is 10.7. The Balaban J connectivity index is 2.61. The fourth-order valence-corrected chi connectivity index (χ4v) is 1.46. The molecule has 7 heteroatoms. The molecule has 0 aliphatic heterocycles. The van der Waals surface area contributed by atoms with E-state index in [4.69, 9.17) is 34.8 Å². The monoisotopic (exact) mass is 263 g/mol. The standard InChI is InChI=1S/C8H4Cl3N3O/c9-8(10,11)7-12-5-2-1-4(14-15)3-6(5)13-7/h1-3H,(H,12,13). The van der Waals surface area contributed by atoms with E-state index in [0.717, 1.165) is 0 Å². The van der Waals surface area contributed by atoms with Crippen molar-refractivity contribution in [3.63, 3.8) is 0 Å². The van der Waals surface area contributed by atoms with E-state index in [-0.39, 0.29) is 5.82 Å². The number of fused-ring (bicyclic) bond motifs is 1. The van der Waals surface area contributed by atoms with Gasteiger partial charge in [-0.25, -0.2) is 4.98 Å². The van der Waals surface area contributed by atoms with E-state index in [1.807, 2.05) is 0 Å². The summed E-state index contributed by atoms with van der Waals surface area (Å²) in [5.74, 6) is 0.213. The highest BCUT2D eigenvalue weighted by Crippen LogP contribution is 2.37. The van der Waals surface area contributed by atoms with Gasteiger partial charge in [-0.1, -0.05) is 34.8 Å². The van der Waals surface area contributed by atoms with E-state index >= 15 is 0 Å². The van der Waals surface area contributed by atoms with Crippen LogP contribution < -0.4 is 0 Å². The van der Waals surface area contributed by atoms with Crippen LogP contribution in [-0.2, 0) is 3.79 Å². The molecule has 78 valence electrons. The molecule has 15 heavy (non-hydrogen) atoms. The van der Waals surface area contributed by atoms with Crippen LogP contribution in [0.4, 0.5) is 5.69 Å². The Labute approximate surface area is 99.5 Å². The minimum Gasteiger partial charge on any atom is -0.338 e. The first-order valence-electron chi connectivity index (χ1n) is 3.91. The van der Waals surface area contributed by atoms with Crippen LogP contribution in [0.3, 0.4) is 0 Å². The third-order valence-electron chi connectivity index (χ3n) is 1.84. The van der Waals surface area contributed by atoms with Crippen LogP contribution in [0, 0.1) is 4.91 Å². The Bertz CT molecular complexity index is 517. The van der Waals surface area contributed by atoms with Crippen LogP contribution in [0.2, 0.25) is 0 Å². The van der Waals surface area contributed by atoms with Crippen LogP contribution in [0.25, 0.3) is 11.0 Å². The van der Waals surface area contributed by atoms with Gasteiger partial charge in [0, 0.05) is 0 Å². The van der Waals surface area contributed by atoms with Crippen molar-refractivity contribution in [3.05, 3.63) is 28.9 Å². The number of nitrogens with zero attached hydrogens (tertiary/aromatic N) is 2. The van der Waals surface area contributed by atoms with Crippen molar-refractivity contribution in [1.29, 1.82) is 0 Å². The summed E-state index contributed by atoms with van der Waals surface area (Å²) in [6, 6.07) is 4.70. The first-order valence-corrected chi connectivity index (χ1v) is 5.04. The third-order valence-corrected chi connectivity index (χ3v) is 2.38. The van der Waals surface area contributed by atoms with Gasteiger partial charge >= 0.3 is 0 Å². The highest BCUT2D eigenvalue weighted by Gasteiger charge is 2.26. The third kappa shape index (κ3) is 2.07. The largest absolute Gasteiger partial charge is 0.338 e. The Morgan fingerprint density at radius 3 is 2.67 bits per heavy atom. The molecule has 0 spiro atoms. The van der Waals surface area contributed by atoms with Crippen molar-refractivity contribution in [2.24, 2.45) is 5.18 Å². The van der Waals surface area contributed by atoms with Crippen LogP contribution >= 0.6 is 34.8 Å². The highest BCUT2D eigenvalue weighted by molar-refractivity contribution is 6.66. The summed E-state index contributed by atoms with van der Waals surface area (Å²) < 4.78 is -1.60. The molecule has 1 aromatic carbocycles. The number of hydrogen-bond acceptors (Lipinski definition) is 3. The summed E-state index contributed by atoms with van der Waals surface area (Å²) in [4.78, 5) is 17.2. The minimum absolute atomic E-state index is 0.213. The molecule has 1 N–H and O–H groups in total. The Hall–Kier alpha value is -0.840. The molecule has 2 aromatic rings. The quantitative estimate of drug-likeness (QED) is 0.629. The van der Waals surface area contributed by atoms with Crippen LogP contribution in [0.1, 0.15) is 5.82 Å². The molecule has 0 amide bonds. The van der Waals surface area contributed by atoms with Crippen molar-refractivity contribution in [1.82, 2.24) is 9.97 Å². The fourth-order valence-electron chi connectivity index (χ4n) is 1.19. The smallest absolute Gasteiger partial charge is 0.248 e. The zero-order chi connectivity index (χ0) is 11.1. The molecular weight excluding hydrogens is 260 g/mol. The van der Waals surface area contributed by atoms with Gasteiger partial charge in [-0.15, -0.1) is 4.91 Å². The first-order chi connectivity index (χ1) is 7.00. The SMILES string of the molecule is O=Nc1ccc2nc(C(Cl)(Cl)Cl)[nH]c2c1. The zero-order valence-corrected chi connectivity index (χ0v) is 9.44. The molecule has 0 radical (unpaired) electrons. The molecule has 0 fully saturated rings. The summed E-state index contributed by atoms with van der Waals surface area (Å²) in [6.45, 7) is 0. The van der Waals surface area contributed by atoms with Gasteiger partial charge in [0.15, 0.2) is 5.82 Å². The predicted molar refractivity (Wildman–Crippen MR) is 60.8 cm³/mol. The number of halogens is 3. The molecule has 0 unspecified atom stereocenters. The fraction of sp³-hybridized carbons (Fsp3) is 0.125. The molecular formula is C8H4Cl3N3O. The van der Waals surface area contributed by atoms with E-state index < -0.39 is 3.79 Å². The van der Waals surface area contributed by atoms with Crippen LogP contribution in [0.15, 0.2) is 23.4 Å². The van der Waals surface area contributed by atoms with Crippen molar-refractivity contribution in [2.45, 2.75) is 3.79 Å². The number of alkyl halides is 3. The average Bonchev–Trinajstić information content (AvgIpc) is 2.59. The molecule has 0 aliphatic carbocycles. The van der Waals surface area contributed by atoms with Gasteiger partial charge in [0.2, 0.25) is 3.79 Å². The van der Waals surface area contributed by atoms with E-state index in [1.165, 1.54) is 6.07 Å². The molecule has 0 saturated carbocycles. The van der Waals surface area contributed by atoms with Gasteiger partial charge in [0.1, 0.15) is 5.69 Å². The highest BCUT2D eigenvalue weighted by atomic mass is 35.6. The summed E-state index contributed by atoms with van der Waals surface area (Å²) in [5.41, 5.74) is 1.51. The van der Waals surface area contributed by atoms with Gasteiger partial charge in [-0.2, -0.15) is 0 Å². The minimum atomic E-state index is -1.60. The van der Waals surface area contributed by atoms with E-state index in [2.05, 4.69) is 15.1 Å². The summed E-state index contributed by atoms with van der Waals surface area (Å²) >= 11 is 17.0. The van der Waals surface area contributed by atoms with Crippen molar-refractivity contribution >= 4 is 51.5 Å². The average molecular weight is 264 g/mol.